The van der Waals surface area contributed by atoms with Crippen LogP contribution in [-0.4, -0.2) is 58.4 Å². The largest absolute Gasteiger partial charge is 0.495 e. The van der Waals surface area contributed by atoms with Gasteiger partial charge in [0.05, 0.1) is 25.4 Å². The average molecular weight is 421 g/mol. The molecule has 7 heteroatoms. The molecular formula is C24H32N6O. The van der Waals surface area contributed by atoms with Crippen LogP contribution in [0.15, 0.2) is 54.6 Å². The molecule has 0 saturated carbocycles. The van der Waals surface area contributed by atoms with E-state index in [0.29, 0.717) is 6.54 Å². The van der Waals surface area contributed by atoms with E-state index in [1.54, 1.807) is 7.11 Å². The maximum Gasteiger partial charge on any atom is 0.168 e. The van der Waals surface area contributed by atoms with Crippen LogP contribution in [-0.2, 0) is 6.54 Å². The van der Waals surface area contributed by atoms with Crippen LogP contribution < -0.4 is 9.64 Å². The van der Waals surface area contributed by atoms with Gasteiger partial charge in [0, 0.05) is 26.2 Å². The highest BCUT2D eigenvalue weighted by Gasteiger charge is 2.29. The lowest BCUT2D eigenvalue weighted by molar-refractivity contribution is 0.163. The Kier molecular flexibility index (Phi) is 7.14. The maximum absolute atomic E-state index is 5.57. The molecule has 1 atom stereocenters. The first-order valence-corrected chi connectivity index (χ1v) is 11.2. The Morgan fingerprint density at radius 3 is 2.45 bits per heavy atom. The van der Waals surface area contributed by atoms with E-state index < -0.39 is 0 Å². The van der Waals surface area contributed by atoms with Gasteiger partial charge in [-0.15, -0.1) is 5.10 Å². The molecule has 4 rings (SSSR count). The second-order valence-corrected chi connectivity index (χ2v) is 8.03. The molecule has 1 aliphatic heterocycles. The Labute approximate surface area is 184 Å². The van der Waals surface area contributed by atoms with Crippen LogP contribution in [0, 0.1) is 0 Å². The summed E-state index contributed by atoms with van der Waals surface area (Å²) in [4.78, 5) is 4.97. The number of anilines is 1. The predicted octanol–water partition coefficient (Wildman–Crippen LogP) is 3.78. The lowest BCUT2D eigenvalue weighted by Crippen LogP contribution is -2.48. The first-order chi connectivity index (χ1) is 15.3. The molecule has 0 amide bonds. The van der Waals surface area contributed by atoms with Crippen LogP contribution in [0.2, 0.25) is 0 Å². The number of unbranched alkanes of at least 4 members (excludes halogenated alkanes) is 1. The van der Waals surface area contributed by atoms with Crippen molar-refractivity contribution in [2.24, 2.45) is 0 Å². The standard InChI is InChI=1S/C24H32N6O/c1-3-4-12-22(24-25-26-27-30(24)19-20-10-6-5-7-11-20)29-17-15-28(16-18-29)21-13-8-9-14-23(21)31-2/h5-11,13-14,22H,3-4,12,15-19H2,1-2H3/t22-/m0/s1. The number of ether oxygens (including phenoxy) is 1. The molecule has 0 N–H and O–H groups in total. The predicted molar refractivity (Wildman–Crippen MR) is 122 cm³/mol. The third kappa shape index (κ3) is 5.05. The fourth-order valence-corrected chi connectivity index (χ4v) is 4.36. The van der Waals surface area contributed by atoms with Gasteiger partial charge in [0.1, 0.15) is 5.75 Å². The Bertz CT molecular complexity index is 936. The van der Waals surface area contributed by atoms with Gasteiger partial charge in [-0.2, -0.15) is 0 Å². The number of nitrogens with zero attached hydrogens (tertiary/aromatic N) is 6. The second kappa shape index (κ2) is 10.4. The van der Waals surface area contributed by atoms with E-state index in [1.807, 2.05) is 22.9 Å². The lowest BCUT2D eigenvalue weighted by Gasteiger charge is -2.40. The third-order valence-corrected chi connectivity index (χ3v) is 6.04. The molecule has 2 aromatic carbocycles. The van der Waals surface area contributed by atoms with Crippen molar-refractivity contribution in [2.45, 2.75) is 38.8 Å². The lowest BCUT2D eigenvalue weighted by atomic mass is 10.1. The zero-order valence-corrected chi connectivity index (χ0v) is 18.5. The normalized spacial score (nSPS) is 15.7. The maximum atomic E-state index is 5.57. The van der Waals surface area contributed by atoms with E-state index in [0.717, 1.165) is 57.0 Å². The third-order valence-electron chi connectivity index (χ3n) is 6.04. The number of aromatic nitrogens is 4. The van der Waals surface area contributed by atoms with Crippen LogP contribution in [0.25, 0.3) is 0 Å². The molecule has 2 heterocycles. The zero-order valence-electron chi connectivity index (χ0n) is 18.5. The molecule has 3 aromatic rings. The van der Waals surface area contributed by atoms with Gasteiger partial charge in [0.15, 0.2) is 5.82 Å². The molecule has 1 fully saturated rings. The van der Waals surface area contributed by atoms with E-state index in [4.69, 9.17) is 4.74 Å². The van der Waals surface area contributed by atoms with Crippen molar-refractivity contribution < 1.29 is 4.74 Å². The molecule has 1 saturated heterocycles. The molecule has 0 aliphatic carbocycles. The summed E-state index contributed by atoms with van der Waals surface area (Å²) in [5.41, 5.74) is 2.38. The summed E-state index contributed by atoms with van der Waals surface area (Å²) in [6.45, 7) is 6.82. The molecule has 1 aromatic heterocycles. The van der Waals surface area contributed by atoms with Gasteiger partial charge in [0.25, 0.3) is 0 Å². The smallest absolute Gasteiger partial charge is 0.168 e. The summed E-state index contributed by atoms with van der Waals surface area (Å²) < 4.78 is 7.55. The van der Waals surface area contributed by atoms with Gasteiger partial charge in [-0.25, -0.2) is 4.68 Å². The highest BCUT2D eigenvalue weighted by atomic mass is 16.5. The van der Waals surface area contributed by atoms with Gasteiger partial charge in [-0.05, 0) is 34.5 Å². The second-order valence-electron chi connectivity index (χ2n) is 8.03. The zero-order chi connectivity index (χ0) is 21.5. The number of para-hydroxylation sites is 2. The fraction of sp³-hybridized carbons (Fsp3) is 0.458. The number of hydrogen-bond donors (Lipinski definition) is 0. The van der Waals surface area contributed by atoms with Crippen molar-refractivity contribution in [3.63, 3.8) is 0 Å². The Morgan fingerprint density at radius 1 is 0.968 bits per heavy atom. The van der Waals surface area contributed by atoms with Crippen LogP contribution in [0.5, 0.6) is 5.75 Å². The summed E-state index contributed by atoms with van der Waals surface area (Å²) in [6.07, 6.45) is 3.40. The minimum atomic E-state index is 0.235. The molecular weight excluding hydrogens is 388 g/mol. The highest BCUT2D eigenvalue weighted by Crippen LogP contribution is 2.31. The van der Waals surface area contributed by atoms with Gasteiger partial charge >= 0.3 is 0 Å². The summed E-state index contributed by atoms with van der Waals surface area (Å²) in [5.74, 6) is 1.91. The van der Waals surface area contributed by atoms with E-state index in [9.17, 15) is 0 Å². The SMILES string of the molecule is CCCC[C@@H](c1nnnn1Cc1ccccc1)N1CCN(c2ccccc2OC)CC1. The molecule has 0 bridgehead atoms. The van der Waals surface area contributed by atoms with Crippen molar-refractivity contribution in [3.8, 4) is 5.75 Å². The average Bonchev–Trinajstić information content (AvgIpc) is 3.28. The number of rotatable bonds is 9. The number of benzene rings is 2. The van der Waals surface area contributed by atoms with Crippen LogP contribution in [0.3, 0.4) is 0 Å². The van der Waals surface area contributed by atoms with E-state index in [2.05, 4.69) is 68.6 Å². The van der Waals surface area contributed by atoms with Gasteiger partial charge in [-0.3, -0.25) is 4.90 Å². The first-order valence-electron chi connectivity index (χ1n) is 11.2. The highest BCUT2D eigenvalue weighted by molar-refractivity contribution is 5.58. The number of piperazine rings is 1. The number of methoxy groups -OCH3 is 1. The van der Waals surface area contributed by atoms with Gasteiger partial charge < -0.3 is 9.64 Å². The van der Waals surface area contributed by atoms with Crippen molar-refractivity contribution >= 4 is 5.69 Å². The fourth-order valence-electron chi connectivity index (χ4n) is 4.36. The van der Waals surface area contributed by atoms with Gasteiger partial charge in [0.2, 0.25) is 0 Å². The van der Waals surface area contributed by atoms with Crippen LogP contribution in [0.4, 0.5) is 5.69 Å². The topological polar surface area (TPSA) is 59.3 Å². The van der Waals surface area contributed by atoms with Crippen LogP contribution in [0.1, 0.15) is 43.6 Å². The van der Waals surface area contributed by atoms with Crippen molar-refractivity contribution in [1.82, 2.24) is 25.1 Å². The van der Waals surface area contributed by atoms with E-state index in [-0.39, 0.29) is 6.04 Å². The van der Waals surface area contributed by atoms with E-state index in [1.165, 1.54) is 11.3 Å². The van der Waals surface area contributed by atoms with Crippen molar-refractivity contribution in [2.75, 3.05) is 38.2 Å². The summed E-state index contributed by atoms with van der Waals surface area (Å²) in [7, 11) is 1.74. The van der Waals surface area contributed by atoms with Gasteiger partial charge in [-0.1, -0.05) is 62.2 Å². The molecule has 1 aliphatic rings. The first kappa shape index (κ1) is 21.3. The molecule has 0 radical (unpaired) electrons. The minimum Gasteiger partial charge on any atom is -0.495 e. The van der Waals surface area contributed by atoms with Crippen LogP contribution >= 0.6 is 0 Å². The quantitative estimate of drug-likeness (QED) is 0.525. The Morgan fingerprint density at radius 2 is 1.71 bits per heavy atom. The Balaban J connectivity index is 1.49. The monoisotopic (exact) mass is 420 g/mol. The molecule has 31 heavy (non-hydrogen) atoms. The summed E-state index contributed by atoms with van der Waals surface area (Å²) in [5, 5.41) is 12.8. The van der Waals surface area contributed by atoms with E-state index >= 15 is 0 Å². The molecule has 164 valence electrons. The molecule has 0 unspecified atom stereocenters. The summed E-state index contributed by atoms with van der Waals surface area (Å²) >= 11 is 0. The summed E-state index contributed by atoms with van der Waals surface area (Å²) in [6, 6.07) is 18.9. The molecule has 7 nitrogen and oxygen atoms in total. The van der Waals surface area contributed by atoms with Crippen molar-refractivity contribution in [3.05, 3.63) is 66.0 Å². The minimum absolute atomic E-state index is 0.235. The Hall–Kier alpha value is -2.93. The van der Waals surface area contributed by atoms with Crippen molar-refractivity contribution in [1.29, 1.82) is 0 Å². The number of hydrogen-bond acceptors (Lipinski definition) is 6. The number of tetrazole rings is 1. The molecule has 0 spiro atoms.